The summed E-state index contributed by atoms with van der Waals surface area (Å²) in [7, 11) is 1.60. The highest BCUT2D eigenvalue weighted by molar-refractivity contribution is 5.97. The molecule has 128 valence electrons. The zero-order valence-corrected chi connectivity index (χ0v) is 14.9. The summed E-state index contributed by atoms with van der Waals surface area (Å²) in [4.78, 5) is 12.6. The zero-order valence-electron chi connectivity index (χ0n) is 14.9. The van der Waals surface area contributed by atoms with Gasteiger partial charge in [-0.3, -0.25) is 4.79 Å². The predicted molar refractivity (Wildman–Crippen MR) is 95.5 cm³/mol. The molecule has 0 spiro atoms. The van der Waals surface area contributed by atoms with E-state index in [2.05, 4.69) is 5.32 Å². The van der Waals surface area contributed by atoms with Crippen LogP contribution in [0.4, 0.5) is 0 Å². The fourth-order valence-electron chi connectivity index (χ4n) is 2.99. The lowest BCUT2D eigenvalue weighted by Gasteiger charge is -2.22. The second-order valence-electron chi connectivity index (χ2n) is 6.25. The summed E-state index contributed by atoms with van der Waals surface area (Å²) >= 11 is 0. The minimum Gasteiger partial charge on any atom is -0.497 e. The lowest BCUT2D eigenvalue weighted by Crippen LogP contribution is -2.37. The Balaban J connectivity index is 2.13. The van der Waals surface area contributed by atoms with Gasteiger partial charge in [-0.25, -0.2) is 0 Å². The van der Waals surface area contributed by atoms with Crippen LogP contribution in [0.2, 0.25) is 0 Å². The summed E-state index contributed by atoms with van der Waals surface area (Å²) in [5.41, 5.74) is 4.43. The molecule has 2 rings (SSSR count). The molecule has 24 heavy (non-hydrogen) atoms. The van der Waals surface area contributed by atoms with Crippen molar-refractivity contribution < 1.29 is 14.6 Å². The van der Waals surface area contributed by atoms with E-state index in [-0.39, 0.29) is 5.91 Å². The largest absolute Gasteiger partial charge is 0.497 e. The monoisotopic (exact) mass is 327 g/mol. The maximum atomic E-state index is 12.6. The van der Waals surface area contributed by atoms with Gasteiger partial charge in [-0.2, -0.15) is 0 Å². The Morgan fingerprint density at radius 3 is 2.12 bits per heavy atom. The topological polar surface area (TPSA) is 58.6 Å². The van der Waals surface area contributed by atoms with Gasteiger partial charge in [0.25, 0.3) is 5.91 Å². The first-order valence-electron chi connectivity index (χ1n) is 8.04. The molecule has 2 N–H and O–H groups in total. The molecule has 0 bridgehead atoms. The molecule has 4 nitrogen and oxygen atoms in total. The molecular formula is C20H25NO3. The number of benzene rings is 2. The molecule has 0 fully saturated rings. The number of aliphatic hydroxyl groups is 1. The first-order valence-corrected chi connectivity index (χ1v) is 8.04. The van der Waals surface area contributed by atoms with Crippen molar-refractivity contribution in [1.29, 1.82) is 0 Å². The third-order valence-corrected chi connectivity index (χ3v) is 4.19. The van der Waals surface area contributed by atoms with Gasteiger partial charge in [-0.05, 0) is 56.5 Å². The van der Waals surface area contributed by atoms with E-state index >= 15 is 0 Å². The van der Waals surface area contributed by atoms with E-state index in [9.17, 15) is 9.90 Å². The average molecular weight is 327 g/mol. The number of carbonyl (C=O) groups is 1. The zero-order chi connectivity index (χ0) is 17.9. The van der Waals surface area contributed by atoms with E-state index in [0.29, 0.717) is 5.56 Å². The van der Waals surface area contributed by atoms with Crippen LogP contribution in [0, 0.1) is 20.8 Å². The Hall–Kier alpha value is -2.33. The maximum Gasteiger partial charge on any atom is 0.252 e. The molecule has 0 aliphatic heterocycles. The molecule has 0 aromatic heterocycles. The summed E-state index contributed by atoms with van der Waals surface area (Å²) in [6.07, 6.45) is -0.786. The average Bonchev–Trinajstić information content (AvgIpc) is 2.53. The first-order chi connectivity index (χ1) is 11.3. The normalized spacial score (nSPS) is 13.2. The van der Waals surface area contributed by atoms with Crippen molar-refractivity contribution in [3.8, 4) is 5.75 Å². The lowest BCUT2D eigenvalue weighted by atomic mass is 9.98. The van der Waals surface area contributed by atoms with Crippen molar-refractivity contribution in [3.05, 3.63) is 64.2 Å². The summed E-state index contributed by atoms with van der Waals surface area (Å²) in [5.74, 6) is 0.568. The van der Waals surface area contributed by atoms with Crippen LogP contribution in [0.1, 0.15) is 45.6 Å². The number of hydrogen-bond acceptors (Lipinski definition) is 3. The molecule has 2 unspecified atom stereocenters. The molecule has 2 aromatic rings. The molecule has 0 aliphatic rings. The summed E-state index contributed by atoms with van der Waals surface area (Å²) < 4.78 is 5.12. The van der Waals surface area contributed by atoms with Gasteiger partial charge < -0.3 is 15.2 Å². The molecule has 1 amide bonds. The van der Waals surface area contributed by atoms with E-state index in [1.165, 1.54) is 0 Å². The third kappa shape index (κ3) is 3.95. The standard InChI is InChI=1S/C20H25NO3/c1-12-10-13(2)18(14(3)11-12)20(23)21-15(4)19(22)16-6-8-17(24-5)9-7-16/h6-11,15,19,22H,1-5H3,(H,21,23). The minimum atomic E-state index is -0.786. The van der Waals surface area contributed by atoms with E-state index in [1.807, 2.05) is 32.9 Å². The highest BCUT2D eigenvalue weighted by Gasteiger charge is 2.21. The molecule has 0 saturated carbocycles. The molecule has 0 aliphatic carbocycles. The van der Waals surface area contributed by atoms with Crippen LogP contribution in [0.15, 0.2) is 36.4 Å². The van der Waals surface area contributed by atoms with Crippen LogP contribution in [-0.4, -0.2) is 24.2 Å². The van der Waals surface area contributed by atoms with Gasteiger partial charge in [0.1, 0.15) is 5.75 Å². The fourth-order valence-corrected chi connectivity index (χ4v) is 2.99. The van der Waals surface area contributed by atoms with Gasteiger partial charge in [-0.15, -0.1) is 0 Å². The van der Waals surface area contributed by atoms with Crippen molar-refractivity contribution in [1.82, 2.24) is 5.32 Å². The number of rotatable bonds is 5. The molecule has 0 saturated heterocycles. The first kappa shape index (κ1) is 18.0. The van der Waals surface area contributed by atoms with Crippen LogP contribution in [-0.2, 0) is 0 Å². The van der Waals surface area contributed by atoms with Gasteiger partial charge in [0.05, 0.1) is 19.3 Å². The smallest absolute Gasteiger partial charge is 0.252 e. The minimum absolute atomic E-state index is 0.162. The predicted octanol–water partition coefficient (Wildman–Crippen LogP) is 3.47. The van der Waals surface area contributed by atoms with Crippen molar-refractivity contribution in [2.75, 3.05) is 7.11 Å². The van der Waals surface area contributed by atoms with Gasteiger partial charge in [0, 0.05) is 5.56 Å². The van der Waals surface area contributed by atoms with E-state index in [0.717, 1.165) is 28.0 Å². The van der Waals surface area contributed by atoms with Gasteiger partial charge in [-0.1, -0.05) is 29.8 Å². The van der Waals surface area contributed by atoms with Crippen molar-refractivity contribution in [2.24, 2.45) is 0 Å². The number of nitrogens with one attached hydrogen (secondary N) is 1. The number of amides is 1. The number of aliphatic hydroxyl groups excluding tert-OH is 1. The molecular weight excluding hydrogens is 302 g/mol. The SMILES string of the molecule is COc1ccc(C(O)C(C)NC(=O)c2c(C)cc(C)cc2C)cc1. The number of hydrogen-bond donors (Lipinski definition) is 2. The Morgan fingerprint density at radius 2 is 1.62 bits per heavy atom. The lowest BCUT2D eigenvalue weighted by molar-refractivity contribution is 0.0850. The number of aryl methyl sites for hydroxylation is 3. The van der Waals surface area contributed by atoms with Crippen molar-refractivity contribution in [2.45, 2.75) is 39.8 Å². The molecule has 2 atom stereocenters. The molecule has 0 heterocycles. The van der Waals surface area contributed by atoms with Gasteiger partial charge >= 0.3 is 0 Å². The maximum absolute atomic E-state index is 12.6. The van der Waals surface area contributed by atoms with E-state index in [1.54, 1.807) is 38.3 Å². The summed E-state index contributed by atoms with van der Waals surface area (Å²) in [5, 5.41) is 13.4. The molecule has 0 radical (unpaired) electrons. The quantitative estimate of drug-likeness (QED) is 0.884. The van der Waals surface area contributed by atoms with Crippen molar-refractivity contribution in [3.63, 3.8) is 0 Å². The van der Waals surface area contributed by atoms with Crippen LogP contribution in [0.5, 0.6) is 5.75 Å². The highest BCUT2D eigenvalue weighted by atomic mass is 16.5. The fraction of sp³-hybridized carbons (Fsp3) is 0.350. The van der Waals surface area contributed by atoms with Gasteiger partial charge in [0.15, 0.2) is 0 Å². The Kier molecular flexibility index (Phi) is 5.62. The van der Waals surface area contributed by atoms with Crippen LogP contribution in [0.3, 0.4) is 0 Å². The van der Waals surface area contributed by atoms with Crippen LogP contribution in [0.25, 0.3) is 0 Å². The highest BCUT2D eigenvalue weighted by Crippen LogP contribution is 2.21. The summed E-state index contributed by atoms with van der Waals surface area (Å²) in [6, 6.07) is 10.8. The second-order valence-corrected chi connectivity index (χ2v) is 6.25. The third-order valence-electron chi connectivity index (χ3n) is 4.19. The Bertz CT molecular complexity index is 699. The number of ether oxygens (including phenoxy) is 1. The van der Waals surface area contributed by atoms with Crippen LogP contribution < -0.4 is 10.1 Å². The van der Waals surface area contributed by atoms with E-state index in [4.69, 9.17) is 4.74 Å². The van der Waals surface area contributed by atoms with Crippen molar-refractivity contribution >= 4 is 5.91 Å². The Labute approximate surface area is 143 Å². The van der Waals surface area contributed by atoms with Gasteiger partial charge in [0.2, 0.25) is 0 Å². The van der Waals surface area contributed by atoms with Crippen LogP contribution >= 0.6 is 0 Å². The number of methoxy groups -OCH3 is 1. The Morgan fingerprint density at radius 1 is 1.08 bits per heavy atom. The van der Waals surface area contributed by atoms with E-state index < -0.39 is 12.1 Å². The summed E-state index contributed by atoms with van der Waals surface area (Å²) in [6.45, 7) is 7.67. The second kappa shape index (κ2) is 7.49. The molecule has 2 aromatic carbocycles. The number of carbonyl (C=O) groups excluding carboxylic acids is 1. The molecule has 4 heteroatoms.